The molecule has 66 heavy (non-hydrogen) atoms. The van der Waals surface area contributed by atoms with Crippen molar-refractivity contribution in [3.8, 4) is 0 Å². The molecule has 0 radical (unpaired) electrons. The number of unbranched alkanes of at least 4 members (excludes halogenated alkanes) is 28. The lowest BCUT2D eigenvalue weighted by atomic mass is 10.1. The molecule has 0 amide bonds. The lowest BCUT2D eigenvalue weighted by Crippen LogP contribution is -2.30. The normalized spacial score (nSPS) is 12.7. The highest BCUT2D eigenvalue weighted by Gasteiger charge is 2.19. The number of esters is 3. The SMILES string of the molecule is CCCC/C=C\C=C/CCCCCC(=O)OCC(COC(=O)CCCCCCCCCCCC/C=C\C=C/CCCCC)OC(=O)CCCCCCC\C=C/C=C\C=C/CCCCCCC. The first kappa shape index (κ1) is 62.6. The third-order valence-corrected chi connectivity index (χ3v) is 11.7. The summed E-state index contributed by atoms with van der Waals surface area (Å²) < 4.78 is 16.8. The summed E-state index contributed by atoms with van der Waals surface area (Å²) in [5.41, 5.74) is 0. The van der Waals surface area contributed by atoms with Crippen LogP contribution in [0.4, 0.5) is 0 Å². The van der Waals surface area contributed by atoms with Gasteiger partial charge in [0.15, 0.2) is 6.10 Å². The zero-order valence-electron chi connectivity index (χ0n) is 43.2. The van der Waals surface area contributed by atoms with Crippen LogP contribution in [-0.4, -0.2) is 37.2 Å². The van der Waals surface area contributed by atoms with E-state index < -0.39 is 6.10 Å². The van der Waals surface area contributed by atoms with Gasteiger partial charge in [0.05, 0.1) is 0 Å². The van der Waals surface area contributed by atoms with Crippen LogP contribution in [-0.2, 0) is 28.6 Å². The first-order chi connectivity index (χ1) is 32.5. The zero-order chi connectivity index (χ0) is 47.9. The molecule has 0 aromatic heterocycles. The molecule has 1 atom stereocenters. The molecule has 0 fully saturated rings. The van der Waals surface area contributed by atoms with E-state index in [-0.39, 0.29) is 31.1 Å². The predicted molar refractivity (Wildman–Crippen MR) is 284 cm³/mol. The smallest absolute Gasteiger partial charge is 0.306 e. The molecule has 0 aliphatic rings. The summed E-state index contributed by atoms with van der Waals surface area (Å²) >= 11 is 0. The van der Waals surface area contributed by atoms with Crippen LogP contribution in [0.15, 0.2) is 85.1 Å². The van der Waals surface area contributed by atoms with Crippen LogP contribution in [0.1, 0.15) is 258 Å². The van der Waals surface area contributed by atoms with Crippen molar-refractivity contribution < 1.29 is 28.6 Å². The summed E-state index contributed by atoms with van der Waals surface area (Å²) in [4.78, 5) is 38.0. The number of hydrogen-bond donors (Lipinski definition) is 0. The first-order valence-corrected chi connectivity index (χ1v) is 27.7. The van der Waals surface area contributed by atoms with Crippen molar-refractivity contribution in [3.05, 3.63) is 85.1 Å². The summed E-state index contributed by atoms with van der Waals surface area (Å²) in [7, 11) is 0. The van der Waals surface area contributed by atoms with Crippen molar-refractivity contribution in [2.24, 2.45) is 0 Å². The molecule has 0 saturated heterocycles. The van der Waals surface area contributed by atoms with Crippen molar-refractivity contribution in [1.29, 1.82) is 0 Å². The van der Waals surface area contributed by atoms with Crippen LogP contribution >= 0.6 is 0 Å². The van der Waals surface area contributed by atoms with Gasteiger partial charge in [-0.1, -0.05) is 234 Å². The minimum Gasteiger partial charge on any atom is -0.462 e. The molecular weight excluding hydrogens is 817 g/mol. The Bertz CT molecular complexity index is 1290. The van der Waals surface area contributed by atoms with Crippen LogP contribution in [0, 0.1) is 0 Å². The van der Waals surface area contributed by atoms with Gasteiger partial charge in [-0.05, 0) is 89.9 Å². The fourth-order valence-electron chi connectivity index (χ4n) is 7.47. The van der Waals surface area contributed by atoms with E-state index in [1.165, 1.54) is 122 Å². The zero-order valence-corrected chi connectivity index (χ0v) is 43.2. The largest absolute Gasteiger partial charge is 0.462 e. The van der Waals surface area contributed by atoms with E-state index in [0.29, 0.717) is 19.3 Å². The highest BCUT2D eigenvalue weighted by Crippen LogP contribution is 2.14. The molecule has 0 spiro atoms. The number of carbonyl (C=O) groups is 3. The molecule has 378 valence electrons. The third-order valence-electron chi connectivity index (χ3n) is 11.7. The van der Waals surface area contributed by atoms with E-state index in [2.05, 4.69) is 106 Å². The molecule has 1 unspecified atom stereocenters. The van der Waals surface area contributed by atoms with Crippen LogP contribution in [0.3, 0.4) is 0 Å². The number of rotatable bonds is 49. The third kappa shape index (κ3) is 51.6. The Balaban J connectivity index is 4.41. The monoisotopic (exact) mass is 919 g/mol. The van der Waals surface area contributed by atoms with Crippen LogP contribution in [0.25, 0.3) is 0 Å². The van der Waals surface area contributed by atoms with E-state index in [4.69, 9.17) is 14.2 Å². The maximum absolute atomic E-state index is 12.8. The van der Waals surface area contributed by atoms with Crippen molar-refractivity contribution in [3.63, 3.8) is 0 Å². The van der Waals surface area contributed by atoms with E-state index >= 15 is 0 Å². The van der Waals surface area contributed by atoms with Crippen molar-refractivity contribution in [2.45, 2.75) is 264 Å². The molecule has 0 rings (SSSR count). The fraction of sp³-hybridized carbons (Fsp3) is 0.717. The lowest BCUT2D eigenvalue weighted by molar-refractivity contribution is -0.167. The van der Waals surface area contributed by atoms with E-state index in [9.17, 15) is 14.4 Å². The molecule has 0 aliphatic carbocycles. The van der Waals surface area contributed by atoms with Crippen molar-refractivity contribution in [1.82, 2.24) is 0 Å². The van der Waals surface area contributed by atoms with Gasteiger partial charge in [0, 0.05) is 19.3 Å². The van der Waals surface area contributed by atoms with Gasteiger partial charge in [0.25, 0.3) is 0 Å². The molecule has 0 aromatic carbocycles. The van der Waals surface area contributed by atoms with E-state index in [1.54, 1.807) is 0 Å². The number of allylic oxidation sites excluding steroid dienone is 14. The summed E-state index contributed by atoms with van der Waals surface area (Å²) in [6, 6.07) is 0. The molecule has 0 bridgehead atoms. The Labute approximate surface area is 407 Å². The van der Waals surface area contributed by atoms with Crippen LogP contribution in [0.5, 0.6) is 0 Å². The Kier molecular flexibility index (Phi) is 51.4. The molecule has 6 heteroatoms. The van der Waals surface area contributed by atoms with Crippen LogP contribution in [0.2, 0.25) is 0 Å². The Hall–Kier alpha value is -3.41. The Morgan fingerprint density at radius 1 is 0.303 bits per heavy atom. The lowest BCUT2D eigenvalue weighted by Gasteiger charge is -2.18. The average Bonchev–Trinajstić information content (AvgIpc) is 3.31. The Morgan fingerprint density at radius 3 is 0.939 bits per heavy atom. The topological polar surface area (TPSA) is 78.9 Å². The van der Waals surface area contributed by atoms with Gasteiger partial charge in [0.1, 0.15) is 13.2 Å². The minimum absolute atomic E-state index is 0.0956. The minimum atomic E-state index is -0.800. The van der Waals surface area contributed by atoms with Gasteiger partial charge in [-0.25, -0.2) is 0 Å². The molecule has 0 saturated carbocycles. The fourth-order valence-corrected chi connectivity index (χ4v) is 7.47. The Morgan fingerprint density at radius 2 is 0.561 bits per heavy atom. The second kappa shape index (κ2) is 54.2. The van der Waals surface area contributed by atoms with Crippen LogP contribution < -0.4 is 0 Å². The van der Waals surface area contributed by atoms with Gasteiger partial charge in [-0.2, -0.15) is 0 Å². The van der Waals surface area contributed by atoms with Crippen molar-refractivity contribution in [2.75, 3.05) is 13.2 Å². The quantitative estimate of drug-likeness (QED) is 0.0262. The van der Waals surface area contributed by atoms with E-state index in [1.807, 2.05) is 0 Å². The summed E-state index contributed by atoms with van der Waals surface area (Å²) in [5, 5.41) is 0. The molecule has 0 N–H and O–H groups in total. The van der Waals surface area contributed by atoms with Gasteiger partial charge >= 0.3 is 17.9 Å². The molecule has 0 heterocycles. The second-order valence-corrected chi connectivity index (χ2v) is 18.3. The molecule has 0 aromatic rings. The summed E-state index contributed by atoms with van der Waals surface area (Å²) in [5.74, 6) is -0.946. The van der Waals surface area contributed by atoms with Gasteiger partial charge in [0.2, 0.25) is 0 Å². The first-order valence-electron chi connectivity index (χ1n) is 27.7. The molecule has 0 aliphatic heterocycles. The van der Waals surface area contributed by atoms with E-state index in [0.717, 1.165) is 96.3 Å². The summed E-state index contributed by atoms with van der Waals surface area (Å²) in [6.45, 7) is 6.50. The van der Waals surface area contributed by atoms with Gasteiger partial charge in [-0.15, -0.1) is 0 Å². The molecular formula is C60H102O6. The van der Waals surface area contributed by atoms with Gasteiger partial charge < -0.3 is 14.2 Å². The summed E-state index contributed by atoms with van der Waals surface area (Å²) in [6.07, 6.45) is 70.0. The maximum Gasteiger partial charge on any atom is 0.306 e. The van der Waals surface area contributed by atoms with Gasteiger partial charge in [-0.3, -0.25) is 14.4 Å². The number of hydrogen-bond acceptors (Lipinski definition) is 6. The maximum atomic E-state index is 12.8. The van der Waals surface area contributed by atoms with Crippen molar-refractivity contribution >= 4 is 17.9 Å². The number of carbonyl (C=O) groups excluding carboxylic acids is 3. The highest BCUT2D eigenvalue weighted by atomic mass is 16.6. The standard InChI is InChI=1S/C60H102O6/c1-4-7-10-13-16-19-22-24-26-28-30-32-33-35-38-41-44-47-50-53-59(62)65-56-57(55-64-58(61)52-49-46-43-40-37-21-18-15-12-9-6-3)66-60(63)54-51-48-45-42-39-36-34-31-29-27-25-23-20-17-14-11-8-5-2/h15-16,18-19,21-25,27,29,31,34,37,57H,4-14,17,20,26,28,30,32-33,35-36,38-56H2,1-3H3/b18-15-,19-16-,24-22-,25-23-,29-27-,34-31-,37-21-. The average molecular weight is 919 g/mol. The predicted octanol–water partition coefficient (Wildman–Crippen LogP) is 18.4. The molecule has 6 nitrogen and oxygen atoms in total. The second-order valence-electron chi connectivity index (χ2n) is 18.3. The number of ether oxygens (including phenoxy) is 3. The highest BCUT2D eigenvalue weighted by molar-refractivity contribution is 5.71.